The number of hydrogen-bond acceptors (Lipinski definition) is 6. The Morgan fingerprint density at radius 2 is 1.75 bits per heavy atom. The van der Waals surface area contributed by atoms with E-state index in [2.05, 4.69) is 26.5 Å². The Balaban J connectivity index is 2.94. The lowest BCUT2D eigenvalue weighted by atomic mass is 10.3. The molecule has 0 saturated carbocycles. The number of methoxy groups -OCH3 is 2. The number of nitrogens with one attached hydrogen (secondary N) is 1. The molecule has 24 heavy (non-hydrogen) atoms. The van der Waals surface area contributed by atoms with Gasteiger partial charge in [-0.2, -0.15) is 0 Å². The molecule has 0 radical (unpaired) electrons. The first kappa shape index (κ1) is 20.4. The molecule has 134 valence electrons. The number of carbonyl (C=O) groups excluding carboxylic acids is 1. The first-order valence-electron chi connectivity index (χ1n) is 7.61. The molecule has 1 rings (SSSR count). The van der Waals surface area contributed by atoms with Crippen molar-refractivity contribution < 1.29 is 19.0 Å². The molecule has 0 saturated heterocycles. The normalized spacial score (nSPS) is 11.2. The Kier molecular flexibility index (Phi) is 10.1. The maximum absolute atomic E-state index is 12.3. The third-order valence-corrected chi connectivity index (χ3v) is 3.55. The van der Waals surface area contributed by atoms with Gasteiger partial charge < -0.3 is 19.1 Å². The number of rotatable bonds is 9. The largest absolute Gasteiger partial charge is 0.460 e. The van der Waals surface area contributed by atoms with E-state index >= 15 is 0 Å². The van der Waals surface area contributed by atoms with E-state index < -0.39 is 5.97 Å². The van der Waals surface area contributed by atoms with Crippen molar-refractivity contribution in [3.8, 4) is 0 Å². The minimum atomic E-state index is -0.491. The van der Waals surface area contributed by atoms with Gasteiger partial charge in [0.05, 0.1) is 25.5 Å². The highest BCUT2D eigenvalue weighted by Gasteiger charge is 2.21. The van der Waals surface area contributed by atoms with E-state index in [1.165, 1.54) is 0 Å². The summed E-state index contributed by atoms with van der Waals surface area (Å²) in [4.78, 5) is 14.0. The van der Waals surface area contributed by atoms with Gasteiger partial charge >= 0.3 is 5.97 Å². The van der Waals surface area contributed by atoms with Crippen LogP contribution in [-0.2, 0) is 19.0 Å². The summed E-state index contributed by atoms with van der Waals surface area (Å²) in [5.41, 5.74) is 3.65. The van der Waals surface area contributed by atoms with Crippen LogP contribution in [-0.4, -0.2) is 63.8 Å². The Hall–Kier alpha value is -1.64. The van der Waals surface area contributed by atoms with Crippen molar-refractivity contribution in [1.82, 2.24) is 4.90 Å². The van der Waals surface area contributed by atoms with Gasteiger partial charge in [0.25, 0.3) is 0 Å². The van der Waals surface area contributed by atoms with Gasteiger partial charge in [-0.05, 0) is 31.2 Å². The molecule has 0 aromatic heterocycles. The van der Waals surface area contributed by atoms with Crippen LogP contribution in [0.25, 0.3) is 0 Å². The molecule has 0 atom stereocenters. The molecule has 1 N–H and O–H groups in total. The molecule has 1 aromatic rings. The zero-order valence-corrected chi connectivity index (χ0v) is 15.8. The van der Waals surface area contributed by atoms with E-state index in [1.54, 1.807) is 26.0 Å². The zero-order valence-electron chi connectivity index (χ0n) is 14.3. The summed E-state index contributed by atoms with van der Waals surface area (Å²) >= 11 is 3.38. The fourth-order valence-electron chi connectivity index (χ4n) is 1.81. The molecule has 0 aliphatic carbocycles. The fraction of sp³-hybridized carbons (Fsp3) is 0.500. The summed E-state index contributed by atoms with van der Waals surface area (Å²) in [5.74, 6) is -0.303. The highest BCUT2D eigenvalue weighted by molar-refractivity contribution is 9.10. The number of nitrogens with zero attached hydrogens (tertiary/aromatic N) is 2. The number of hydrogen-bond donors (Lipinski definition) is 1. The number of anilines is 1. The van der Waals surface area contributed by atoms with Crippen molar-refractivity contribution in [2.75, 3.05) is 52.6 Å². The minimum Gasteiger partial charge on any atom is -0.460 e. The van der Waals surface area contributed by atoms with Gasteiger partial charge in [-0.15, -0.1) is 5.10 Å². The average Bonchev–Trinajstić information content (AvgIpc) is 2.58. The summed E-state index contributed by atoms with van der Waals surface area (Å²) in [6.07, 6.45) is 0. The van der Waals surface area contributed by atoms with E-state index in [-0.39, 0.29) is 12.4 Å². The van der Waals surface area contributed by atoms with E-state index in [0.29, 0.717) is 26.3 Å². The Bertz CT molecular complexity index is 515. The van der Waals surface area contributed by atoms with Crippen LogP contribution in [0.2, 0.25) is 0 Å². The van der Waals surface area contributed by atoms with Crippen molar-refractivity contribution in [2.45, 2.75) is 6.92 Å². The maximum atomic E-state index is 12.3. The lowest BCUT2D eigenvalue weighted by molar-refractivity contribution is -0.136. The first-order valence-corrected chi connectivity index (χ1v) is 8.40. The van der Waals surface area contributed by atoms with Crippen LogP contribution in [0.1, 0.15) is 6.92 Å². The Morgan fingerprint density at radius 1 is 1.17 bits per heavy atom. The third-order valence-electron chi connectivity index (χ3n) is 3.02. The predicted octanol–water partition coefficient (Wildman–Crippen LogP) is 2.33. The zero-order chi connectivity index (χ0) is 17.8. The lowest BCUT2D eigenvalue weighted by Crippen LogP contribution is -2.42. The number of amidine groups is 1. The Morgan fingerprint density at radius 3 is 2.25 bits per heavy atom. The molecule has 0 heterocycles. The summed E-state index contributed by atoms with van der Waals surface area (Å²) in [7, 11) is 3.21. The van der Waals surface area contributed by atoms with E-state index in [9.17, 15) is 4.79 Å². The molecule has 8 heteroatoms. The monoisotopic (exact) mass is 401 g/mol. The number of hydrazone groups is 1. The second-order valence-electron chi connectivity index (χ2n) is 4.75. The van der Waals surface area contributed by atoms with Gasteiger partial charge in [-0.1, -0.05) is 15.9 Å². The van der Waals surface area contributed by atoms with Crippen LogP contribution in [0, 0.1) is 0 Å². The molecule has 0 spiro atoms. The number of benzene rings is 1. The topological polar surface area (TPSA) is 72.4 Å². The molecular formula is C16H24BrN3O4. The summed E-state index contributed by atoms with van der Waals surface area (Å²) in [6.45, 7) is 3.95. The lowest BCUT2D eigenvalue weighted by Gasteiger charge is -2.24. The van der Waals surface area contributed by atoms with Crippen LogP contribution in [0.4, 0.5) is 5.69 Å². The highest BCUT2D eigenvalue weighted by Crippen LogP contribution is 2.14. The number of esters is 1. The quantitative estimate of drug-likeness (QED) is 0.296. The molecule has 0 bridgehead atoms. The van der Waals surface area contributed by atoms with Crippen LogP contribution < -0.4 is 5.43 Å². The SMILES string of the molecule is CCOC(=O)/C(=N/Nc1ccc(Br)cc1)N(CCOC)CCOC. The summed E-state index contributed by atoms with van der Waals surface area (Å²) in [5, 5.41) is 4.24. The number of ether oxygens (including phenoxy) is 3. The van der Waals surface area contributed by atoms with Gasteiger partial charge in [0.15, 0.2) is 0 Å². The van der Waals surface area contributed by atoms with Crippen molar-refractivity contribution >= 4 is 33.4 Å². The molecule has 7 nitrogen and oxygen atoms in total. The smallest absolute Gasteiger partial charge is 0.375 e. The van der Waals surface area contributed by atoms with Crippen LogP contribution >= 0.6 is 15.9 Å². The molecule has 0 amide bonds. The standard InChI is InChI=1S/C16H24BrN3O4/c1-4-24-16(21)15(20(9-11-22-2)10-12-23-3)19-18-14-7-5-13(17)6-8-14/h5-8,18H,4,9-12H2,1-3H3/b19-15-. The van der Waals surface area contributed by atoms with Crippen molar-refractivity contribution in [3.05, 3.63) is 28.7 Å². The van der Waals surface area contributed by atoms with E-state index in [4.69, 9.17) is 14.2 Å². The third kappa shape index (κ3) is 7.29. The van der Waals surface area contributed by atoms with Crippen molar-refractivity contribution in [1.29, 1.82) is 0 Å². The molecule has 0 fully saturated rings. The molecule has 0 aliphatic rings. The molecule has 0 aliphatic heterocycles. The van der Waals surface area contributed by atoms with Crippen LogP contribution in [0.3, 0.4) is 0 Å². The molecule has 0 unspecified atom stereocenters. The van der Waals surface area contributed by atoms with Gasteiger partial charge in [-0.3, -0.25) is 5.43 Å². The highest BCUT2D eigenvalue weighted by atomic mass is 79.9. The number of halogens is 1. The van der Waals surface area contributed by atoms with Crippen LogP contribution in [0.15, 0.2) is 33.8 Å². The summed E-state index contributed by atoms with van der Waals surface area (Å²) in [6, 6.07) is 7.47. The van der Waals surface area contributed by atoms with Gasteiger partial charge in [0.1, 0.15) is 0 Å². The predicted molar refractivity (Wildman–Crippen MR) is 97.2 cm³/mol. The molecular weight excluding hydrogens is 378 g/mol. The average molecular weight is 402 g/mol. The van der Waals surface area contributed by atoms with Crippen LogP contribution in [0.5, 0.6) is 0 Å². The van der Waals surface area contributed by atoms with Gasteiger partial charge in [-0.25, -0.2) is 4.79 Å². The molecule has 1 aromatic carbocycles. The first-order chi connectivity index (χ1) is 11.6. The van der Waals surface area contributed by atoms with E-state index in [1.807, 2.05) is 24.3 Å². The fourth-order valence-corrected chi connectivity index (χ4v) is 2.07. The second-order valence-corrected chi connectivity index (χ2v) is 5.66. The Labute approximate surface area is 151 Å². The minimum absolute atomic E-state index is 0.189. The van der Waals surface area contributed by atoms with Gasteiger partial charge in [0, 0.05) is 31.8 Å². The second kappa shape index (κ2) is 11.8. The number of carbonyl (C=O) groups is 1. The van der Waals surface area contributed by atoms with Gasteiger partial charge in [0.2, 0.25) is 5.84 Å². The summed E-state index contributed by atoms with van der Waals surface area (Å²) < 4.78 is 16.3. The van der Waals surface area contributed by atoms with Crippen molar-refractivity contribution in [2.24, 2.45) is 5.10 Å². The van der Waals surface area contributed by atoms with Crippen molar-refractivity contribution in [3.63, 3.8) is 0 Å². The maximum Gasteiger partial charge on any atom is 0.375 e. The van der Waals surface area contributed by atoms with E-state index in [0.717, 1.165) is 10.2 Å².